The summed E-state index contributed by atoms with van der Waals surface area (Å²) in [5, 5.41) is 0. The van der Waals surface area contributed by atoms with Crippen molar-refractivity contribution in [3.63, 3.8) is 0 Å². The number of piperidine rings is 1. The second kappa shape index (κ2) is 5.87. The first kappa shape index (κ1) is 12.9. The molecule has 3 rings (SSSR count). The minimum absolute atomic E-state index is 0.374. The number of hydrogen-bond acceptors (Lipinski definition) is 4. The van der Waals surface area contributed by atoms with Gasteiger partial charge in [-0.25, -0.2) is 9.97 Å². The van der Waals surface area contributed by atoms with Crippen molar-refractivity contribution in [3.8, 4) is 0 Å². The first-order chi connectivity index (χ1) is 9.33. The molecule has 1 saturated carbocycles. The van der Waals surface area contributed by atoms with Gasteiger partial charge in [0.05, 0.1) is 18.1 Å². The van der Waals surface area contributed by atoms with Crippen molar-refractivity contribution in [3.05, 3.63) is 18.2 Å². The molecule has 4 heteroatoms. The highest BCUT2D eigenvalue weighted by Gasteiger charge is 2.20. The predicted molar refractivity (Wildman–Crippen MR) is 77.3 cm³/mol. The van der Waals surface area contributed by atoms with Crippen LogP contribution in [-0.2, 0) is 0 Å². The standard InChI is InChI=1S/C15H24N4/c16-13-6-8-19(9-7-13)14-10-17-15(18-11-14)12-4-2-1-3-5-12/h10-13H,1-9,16H2. The maximum atomic E-state index is 5.94. The second-order valence-corrected chi connectivity index (χ2v) is 5.96. The SMILES string of the molecule is NC1CCN(c2cnc(C3CCCCC3)nc2)CC1. The topological polar surface area (TPSA) is 55.0 Å². The van der Waals surface area contributed by atoms with E-state index in [-0.39, 0.29) is 0 Å². The van der Waals surface area contributed by atoms with Crippen molar-refractivity contribution >= 4 is 5.69 Å². The van der Waals surface area contributed by atoms with E-state index in [1.165, 1.54) is 32.1 Å². The summed E-state index contributed by atoms with van der Waals surface area (Å²) >= 11 is 0. The summed E-state index contributed by atoms with van der Waals surface area (Å²) in [4.78, 5) is 11.6. The van der Waals surface area contributed by atoms with E-state index in [4.69, 9.17) is 5.73 Å². The van der Waals surface area contributed by atoms with Gasteiger partial charge in [0.25, 0.3) is 0 Å². The molecule has 0 aromatic carbocycles. The molecule has 104 valence electrons. The number of nitrogens with zero attached hydrogens (tertiary/aromatic N) is 3. The molecule has 1 aliphatic heterocycles. The van der Waals surface area contributed by atoms with Gasteiger partial charge in [0.1, 0.15) is 5.82 Å². The molecular weight excluding hydrogens is 236 g/mol. The van der Waals surface area contributed by atoms with Crippen LogP contribution >= 0.6 is 0 Å². The van der Waals surface area contributed by atoms with E-state index in [9.17, 15) is 0 Å². The van der Waals surface area contributed by atoms with Crippen molar-refractivity contribution in [1.29, 1.82) is 0 Å². The van der Waals surface area contributed by atoms with Crippen molar-refractivity contribution in [2.24, 2.45) is 5.73 Å². The quantitative estimate of drug-likeness (QED) is 0.887. The molecule has 0 bridgehead atoms. The van der Waals surface area contributed by atoms with E-state index < -0.39 is 0 Å². The summed E-state index contributed by atoms with van der Waals surface area (Å²) in [5.41, 5.74) is 7.10. The zero-order valence-corrected chi connectivity index (χ0v) is 11.6. The molecule has 0 unspecified atom stereocenters. The minimum atomic E-state index is 0.374. The molecular formula is C15H24N4. The van der Waals surface area contributed by atoms with E-state index in [1.54, 1.807) is 0 Å². The van der Waals surface area contributed by atoms with E-state index in [0.717, 1.165) is 37.4 Å². The van der Waals surface area contributed by atoms with Gasteiger partial charge in [0.15, 0.2) is 0 Å². The Morgan fingerprint density at radius 3 is 2.21 bits per heavy atom. The smallest absolute Gasteiger partial charge is 0.131 e. The van der Waals surface area contributed by atoms with Gasteiger partial charge in [-0.15, -0.1) is 0 Å². The zero-order valence-electron chi connectivity index (χ0n) is 11.6. The maximum absolute atomic E-state index is 5.94. The first-order valence-corrected chi connectivity index (χ1v) is 7.65. The molecule has 0 spiro atoms. The molecule has 0 atom stereocenters. The fourth-order valence-corrected chi connectivity index (χ4v) is 3.22. The third-order valence-corrected chi connectivity index (χ3v) is 4.53. The molecule has 2 fully saturated rings. The molecule has 1 aromatic heterocycles. The lowest BCUT2D eigenvalue weighted by atomic mass is 9.89. The highest BCUT2D eigenvalue weighted by Crippen LogP contribution is 2.30. The lowest BCUT2D eigenvalue weighted by molar-refractivity contribution is 0.428. The third kappa shape index (κ3) is 3.06. The molecule has 2 heterocycles. The fourth-order valence-electron chi connectivity index (χ4n) is 3.22. The maximum Gasteiger partial charge on any atom is 0.131 e. The Labute approximate surface area is 115 Å². The molecule has 1 aliphatic carbocycles. The Kier molecular flexibility index (Phi) is 3.97. The molecule has 2 aliphatic rings. The number of aromatic nitrogens is 2. The summed E-state index contributed by atoms with van der Waals surface area (Å²) < 4.78 is 0. The van der Waals surface area contributed by atoms with E-state index >= 15 is 0 Å². The highest BCUT2D eigenvalue weighted by molar-refractivity contribution is 5.42. The Morgan fingerprint density at radius 2 is 1.58 bits per heavy atom. The van der Waals surface area contributed by atoms with Crippen molar-refractivity contribution in [2.75, 3.05) is 18.0 Å². The Balaban J connectivity index is 1.65. The Bertz CT molecular complexity index is 389. The number of nitrogens with two attached hydrogens (primary N) is 1. The summed E-state index contributed by atoms with van der Waals surface area (Å²) in [5.74, 6) is 1.65. The summed E-state index contributed by atoms with van der Waals surface area (Å²) in [6.45, 7) is 2.07. The van der Waals surface area contributed by atoms with E-state index in [2.05, 4.69) is 14.9 Å². The molecule has 4 nitrogen and oxygen atoms in total. The summed E-state index contributed by atoms with van der Waals surface area (Å²) in [6.07, 6.45) is 12.7. The largest absolute Gasteiger partial charge is 0.369 e. The van der Waals surface area contributed by atoms with Crippen LogP contribution in [0.1, 0.15) is 56.7 Å². The second-order valence-electron chi connectivity index (χ2n) is 5.96. The van der Waals surface area contributed by atoms with E-state index in [0.29, 0.717) is 12.0 Å². The van der Waals surface area contributed by atoms with Gasteiger partial charge in [-0.3, -0.25) is 0 Å². The first-order valence-electron chi connectivity index (χ1n) is 7.65. The molecule has 1 aromatic rings. The van der Waals surface area contributed by atoms with E-state index in [1.807, 2.05) is 12.4 Å². The summed E-state index contributed by atoms with van der Waals surface area (Å²) in [7, 11) is 0. The molecule has 0 radical (unpaired) electrons. The molecule has 1 saturated heterocycles. The number of anilines is 1. The van der Waals surface area contributed by atoms with Crippen molar-refractivity contribution < 1.29 is 0 Å². The van der Waals surface area contributed by atoms with Crippen LogP contribution in [0.25, 0.3) is 0 Å². The fraction of sp³-hybridized carbons (Fsp3) is 0.733. The van der Waals surface area contributed by atoms with Gasteiger partial charge < -0.3 is 10.6 Å². The van der Waals surface area contributed by atoms with Crippen LogP contribution in [0.15, 0.2) is 12.4 Å². The van der Waals surface area contributed by atoms with Crippen LogP contribution in [0.3, 0.4) is 0 Å². The third-order valence-electron chi connectivity index (χ3n) is 4.53. The van der Waals surface area contributed by atoms with Crippen LogP contribution in [-0.4, -0.2) is 29.1 Å². The average molecular weight is 260 g/mol. The van der Waals surface area contributed by atoms with Crippen LogP contribution in [0.2, 0.25) is 0 Å². The number of rotatable bonds is 2. The molecule has 19 heavy (non-hydrogen) atoms. The van der Waals surface area contributed by atoms with Crippen molar-refractivity contribution in [1.82, 2.24) is 9.97 Å². The van der Waals surface area contributed by atoms with Gasteiger partial charge in [0.2, 0.25) is 0 Å². The summed E-state index contributed by atoms with van der Waals surface area (Å²) in [6, 6.07) is 0.374. The van der Waals surface area contributed by atoms with Gasteiger partial charge in [0, 0.05) is 25.0 Å². The van der Waals surface area contributed by atoms with Gasteiger partial charge in [-0.05, 0) is 25.7 Å². The normalized spacial score (nSPS) is 22.7. The number of hydrogen-bond donors (Lipinski definition) is 1. The minimum Gasteiger partial charge on any atom is -0.369 e. The highest BCUT2D eigenvalue weighted by atomic mass is 15.2. The Morgan fingerprint density at radius 1 is 0.947 bits per heavy atom. The van der Waals surface area contributed by atoms with Gasteiger partial charge >= 0.3 is 0 Å². The van der Waals surface area contributed by atoms with Crippen LogP contribution in [0, 0.1) is 0 Å². The van der Waals surface area contributed by atoms with Gasteiger partial charge in [-0.1, -0.05) is 19.3 Å². The van der Waals surface area contributed by atoms with Crippen molar-refractivity contribution in [2.45, 2.75) is 56.9 Å². The molecule has 2 N–H and O–H groups in total. The predicted octanol–water partition coefficient (Wildman–Crippen LogP) is 2.45. The lowest BCUT2D eigenvalue weighted by Crippen LogP contribution is -2.39. The average Bonchev–Trinajstić information content (AvgIpc) is 2.49. The molecule has 0 amide bonds. The van der Waals surface area contributed by atoms with Crippen LogP contribution in [0.4, 0.5) is 5.69 Å². The van der Waals surface area contributed by atoms with Gasteiger partial charge in [-0.2, -0.15) is 0 Å². The lowest BCUT2D eigenvalue weighted by Gasteiger charge is -2.31. The monoisotopic (exact) mass is 260 g/mol. The van der Waals surface area contributed by atoms with Crippen LogP contribution in [0.5, 0.6) is 0 Å². The Hall–Kier alpha value is -1.16. The van der Waals surface area contributed by atoms with Crippen LogP contribution < -0.4 is 10.6 Å². The zero-order chi connectivity index (χ0) is 13.1.